The summed E-state index contributed by atoms with van der Waals surface area (Å²) in [6.07, 6.45) is 2.01. The summed E-state index contributed by atoms with van der Waals surface area (Å²) in [5.41, 5.74) is 1.13. The number of rotatable bonds is 2. The van der Waals surface area contributed by atoms with Crippen molar-refractivity contribution < 1.29 is 4.79 Å². The number of carbonyl (C=O) groups is 1. The lowest BCUT2D eigenvalue weighted by Crippen LogP contribution is -2.52. The summed E-state index contributed by atoms with van der Waals surface area (Å²) < 4.78 is 0. The molecule has 1 fully saturated rings. The van der Waals surface area contributed by atoms with E-state index in [4.69, 9.17) is 0 Å². The first-order chi connectivity index (χ1) is 8.56. The first kappa shape index (κ1) is 13.1. The minimum absolute atomic E-state index is 0.125. The van der Waals surface area contributed by atoms with Crippen molar-refractivity contribution in [1.29, 1.82) is 0 Å². The Balaban J connectivity index is 2.37. The van der Waals surface area contributed by atoms with E-state index in [2.05, 4.69) is 36.2 Å². The average molecular weight is 246 g/mol. The monoisotopic (exact) mass is 246 g/mol. The highest BCUT2D eigenvalue weighted by molar-refractivity contribution is 5.74. The number of piperidine rings is 1. The quantitative estimate of drug-likeness (QED) is 0.797. The zero-order valence-electron chi connectivity index (χ0n) is 11.5. The minimum Gasteiger partial charge on any atom is -0.336 e. The molecule has 0 aromatic heterocycles. The smallest absolute Gasteiger partial charge is 0.219 e. The van der Waals surface area contributed by atoms with Gasteiger partial charge in [0.05, 0.1) is 5.54 Å². The molecule has 0 N–H and O–H groups in total. The van der Waals surface area contributed by atoms with E-state index in [9.17, 15) is 4.79 Å². The van der Waals surface area contributed by atoms with E-state index in [0.717, 1.165) is 25.9 Å². The summed E-state index contributed by atoms with van der Waals surface area (Å²) in [5.74, 6) is 0.142. The molecule has 0 spiro atoms. The minimum atomic E-state index is -0.125. The van der Waals surface area contributed by atoms with Gasteiger partial charge in [0, 0.05) is 27.1 Å². The molecule has 2 rings (SSSR count). The number of carbonyl (C=O) groups excluding carboxylic acids is 1. The zero-order chi connectivity index (χ0) is 13.2. The molecule has 18 heavy (non-hydrogen) atoms. The maximum atomic E-state index is 11.8. The molecule has 0 bridgehead atoms. The molecular formula is C15H22N2O. The van der Waals surface area contributed by atoms with Crippen molar-refractivity contribution in [2.45, 2.75) is 25.3 Å². The highest BCUT2D eigenvalue weighted by atomic mass is 16.2. The average Bonchev–Trinajstić information content (AvgIpc) is 2.40. The van der Waals surface area contributed by atoms with Crippen LogP contribution in [0.15, 0.2) is 30.3 Å². The van der Waals surface area contributed by atoms with Crippen LogP contribution in [-0.2, 0) is 10.3 Å². The third-order valence-electron chi connectivity index (χ3n) is 4.24. The molecule has 1 aromatic carbocycles. The molecule has 0 radical (unpaired) electrons. The van der Waals surface area contributed by atoms with Crippen molar-refractivity contribution >= 4 is 5.91 Å². The molecule has 0 saturated carbocycles. The van der Waals surface area contributed by atoms with Gasteiger partial charge in [0.15, 0.2) is 0 Å². The maximum Gasteiger partial charge on any atom is 0.219 e. The van der Waals surface area contributed by atoms with Crippen LogP contribution in [0.1, 0.15) is 25.3 Å². The third-order valence-corrected chi connectivity index (χ3v) is 4.24. The van der Waals surface area contributed by atoms with Gasteiger partial charge in [-0.3, -0.25) is 4.79 Å². The molecule has 1 aromatic rings. The second-order valence-electron chi connectivity index (χ2n) is 5.28. The fourth-order valence-corrected chi connectivity index (χ4v) is 2.86. The SMILES string of the molecule is CC(=O)N(C)C1(c2ccccc2)CCN(C)CC1. The van der Waals surface area contributed by atoms with E-state index in [1.165, 1.54) is 5.56 Å². The fraction of sp³-hybridized carbons (Fsp3) is 0.533. The normalized spacial score (nSPS) is 19.5. The molecule has 1 aliphatic heterocycles. The first-order valence-corrected chi connectivity index (χ1v) is 6.55. The van der Waals surface area contributed by atoms with Crippen LogP contribution < -0.4 is 0 Å². The Morgan fingerprint density at radius 1 is 1.22 bits per heavy atom. The van der Waals surface area contributed by atoms with Gasteiger partial charge in [0.1, 0.15) is 0 Å². The lowest BCUT2D eigenvalue weighted by Gasteiger charge is -2.47. The van der Waals surface area contributed by atoms with E-state index in [0.29, 0.717) is 0 Å². The second-order valence-corrected chi connectivity index (χ2v) is 5.28. The summed E-state index contributed by atoms with van der Waals surface area (Å²) in [7, 11) is 4.07. The van der Waals surface area contributed by atoms with Crippen LogP contribution in [0, 0.1) is 0 Å². The van der Waals surface area contributed by atoms with Gasteiger partial charge in [-0.05, 0) is 25.5 Å². The molecule has 1 aliphatic rings. The number of amides is 1. The summed E-state index contributed by atoms with van der Waals surface area (Å²) in [4.78, 5) is 16.1. The Hall–Kier alpha value is -1.35. The van der Waals surface area contributed by atoms with Crippen LogP contribution >= 0.6 is 0 Å². The van der Waals surface area contributed by atoms with Crippen LogP contribution in [0.3, 0.4) is 0 Å². The van der Waals surface area contributed by atoms with Gasteiger partial charge in [-0.2, -0.15) is 0 Å². The standard InChI is InChI=1S/C15H22N2O/c1-13(18)17(3)15(9-11-16(2)12-10-15)14-7-5-4-6-8-14/h4-8H,9-12H2,1-3H3. The molecule has 1 heterocycles. The molecule has 1 saturated heterocycles. The predicted octanol–water partition coefficient (Wildman–Crippen LogP) is 2.09. The Morgan fingerprint density at radius 2 is 1.78 bits per heavy atom. The zero-order valence-corrected chi connectivity index (χ0v) is 11.5. The van der Waals surface area contributed by atoms with Gasteiger partial charge in [-0.15, -0.1) is 0 Å². The van der Waals surface area contributed by atoms with Crippen LogP contribution in [0.2, 0.25) is 0 Å². The van der Waals surface area contributed by atoms with Crippen LogP contribution in [0.4, 0.5) is 0 Å². The van der Waals surface area contributed by atoms with Crippen LogP contribution in [0.25, 0.3) is 0 Å². The number of benzene rings is 1. The van der Waals surface area contributed by atoms with Crippen molar-refractivity contribution in [1.82, 2.24) is 9.80 Å². The van der Waals surface area contributed by atoms with E-state index >= 15 is 0 Å². The summed E-state index contributed by atoms with van der Waals surface area (Å²) >= 11 is 0. The maximum absolute atomic E-state index is 11.8. The highest BCUT2D eigenvalue weighted by Crippen LogP contribution is 2.37. The van der Waals surface area contributed by atoms with Crippen molar-refractivity contribution in [2.24, 2.45) is 0 Å². The third kappa shape index (κ3) is 2.27. The topological polar surface area (TPSA) is 23.6 Å². The predicted molar refractivity (Wildman–Crippen MR) is 73.3 cm³/mol. The Morgan fingerprint density at radius 3 is 2.28 bits per heavy atom. The summed E-state index contributed by atoms with van der Waals surface area (Å²) in [6, 6.07) is 10.4. The Kier molecular flexibility index (Phi) is 3.71. The van der Waals surface area contributed by atoms with Gasteiger partial charge in [-0.1, -0.05) is 30.3 Å². The first-order valence-electron chi connectivity index (χ1n) is 6.55. The number of likely N-dealkylation sites (tertiary alicyclic amines) is 1. The van der Waals surface area contributed by atoms with Gasteiger partial charge in [0.2, 0.25) is 5.91 Å². The lowest BCUT2D eigenvalue weighted by molar-refractivity contribution is -0.135. The lowest BCUT2D eigenvalue weighted by atomic mass is 9.79. The van der Waals surface area contributed by atoms with E-state index in [1.807, 2.05) is 18.0 Å². The van der Waals surface area contributed by atoms with Crippen molar-refractivity contribution in [3.63, 3.8) is 0 Å². The molecule has 0 unspecified atom stereocenters. The van der Waals surface area contributed by atoms with Gasteiger partial charge < -0.3 is 9.80 Å². The number of hydrogen-bond acceptors (Lipinski definition) is 2. The van der Waals surface area contributed by atoms with Crippen molar-refractivity contribution in [2.75, 3.05) is 27.2 Å². The Bertz CT molecular complexity index is 408. The Labute approximate surface area is 109 Å². The number of nitrogens with zero attached hydrogens (tertiary/aromatic N) is 2. The second kappa shape index (κ2) is 5.11. The van der Waals surface area contributed by atoms with Gasteiger partial charge in [-0.25, -0.2) is 0 Å². The number of hydrogen-bond donors (Lipinski definition) is 0. The van der Waals surface area contributed by atoms with Crippen molar-refractivity contribution in [3.05, 3.63) is 35.9 Å². The molecule has 0 aliphatic carbocycles. The molecule has 0 atom stereocenters. The van der Waals surface area contributed by atoms with E-state index in [1.54, 1.807) is 6.92 Å². The van der Waals surface area contributed by atoms with Crippen LogP contribution in [-0.4, -0.2) is 42.9 Å². The fourth-order valence-electron chi connectivity index (χ4n) is 2.86. The van der Waals surface area contributed by atoms with Gasteiger partial charge in [0.25, 0.3) is 0 Å². The molecule has 3 nitrogen and oxygen atoms in total. The highest BCUT2D eigenvalue weighted by Gasteiger charge is 2.40. The molecular weight excluding hydrogens is 224 g/mol. The molecule has 1 amide bonds. The van der Waals surface area contributed by atoms with Gasteiger partial charge >= 0.3 is 0 Å². The van der Waals surface area contributed by atoms with Crippen molar-refractivity contribution in [3.8, 4) is 0 Å². The molecule has 3 heteroatoms. The molecule has 98 valence electrons. The van der Waals surface area contributed by atoms with E-state index < -0.39 is 0 Å². The summed E-state index contributed by atoms with van der Waals surface area (Å²) in [5, 5.41) is 0. The van der Waals surface area contributed by atoms with Crippen LogP contribution in [0.5, 0.6) is 0 Å². The largest absolute Gasteiger partial charge is 0.336 e. The van der Waals surface area contributed by atoms with E-state index in [-0.39, 0.29) is 11.4 Å². The summed E-state index contributed by atoms with van der Waals surface area (Å²) in [6.45, 7) is 3.72.